The summed E-state index contributed by atoms with van der Waals surface area (Å²) in [5, 5.41) is 25.0. The van der Waals surface area contributed by atoms with E-state index in [0.29, 0.717) is 6.54 Å². The van der Waals surface area contributed by atoms with E-state index in [2.05, 4.69) is 15.1 Å². The summed E-state index contributed by atoms with van der Waals surface area (Å²) in [7, 11) is 0. The van der Waals surface area contributed by atoms with Crippen molar-refractivity contribution >= 4 is 28.2 Å². The van der Waals surface area contributed by atoms with Gasteiger partial charge < -0.3 is 10.0 Å². The maximum atomic E-state index is 12.0. The van der Waals surface area contributed by atoms with Crippen LogP contribution in [0.4, 0.5) is 5.82 Å². The molecule has 1 aliphatic carbocycles. The van der Waals surface area contributed by atoms with Crippen LogP contribution in [0.3, 0.4) is 0 Å². The van der Waals surface area contributed by atoms with E-state index < -0.39 is 11.4 Å². The fourth-order valence-corrected chi connectivity index (χ4v) is 4.70. The van der Waals surface area contributed by atoms with Crippen molar-refractivity contribution in [1.82, 2.24) is 19.8 Å². The predicted octanol–water partition coefficient (Wildman–Crippen LogP) is 2.28. The first-order valence-corrected chi connectivity index (χ1v) is 8.69. The van der Waals surface area contributed by atoms with Gasteiger partial charge in [0.05, 0.1) is 5.41 Å². The molecule has 1 N–H and O–H groups in total. The van der Waals surface area contributed by atoms with Crippen molar-refractivity contribution in [2.45, 2.75) is 26.2 Å². The summed E-state index contributed by atoms with van der Waals surface area (Å²) in [6.07, 6.45) is 2.74. The Morgan fingerprint density at radius 2 is 2.08 bits per heavy atom. The first kappa shape index (κ1) is 14.6. The summed E-state index contributed by atoms with van der Waals surface area (Å²) in [6, 6.07) is 8.02. The van der Waals surface area contributed by atoms with E-state index in [-0.39, 0.29) is 5.92 Å². The van der Waals surface area contributed by atoms with E-state index in [4.69, 9.17) is 5.10 Å². The van der Waals surface area contributed by atoms with Gasteiger partial charge >= 0.3 is 5.97 Å². The van der Waals surface area contributed by atoms with E-state index in [9.17, 15) is 9.90 Å². The number of aliphatic carboxylic acids is 1. The second-order valence-electron chi connectivity index (χ2n) is 7.28. The fraction of sp³-hybridized carbons (Fsp3) is 0.444. The number of hydrogen-bond donors (Lipinski definition) is 1. The van der Waals surface area contributed by atoms with Crippen LogP contribution in [0.2, 0.25) is 0 Å². The van der Waals surface area contributed by atoms with Gasteiger partial charge in [-0.15, -0.1) is 15.3 Å². The Morgan fingerprint density at radius 3 is 2.84 bits per heavy atom. The highest BCUT2D eigenvalue weighted by Crippen LogP contribution is 2.50. The van der Waals surface area contributed by atoms with Crippen LogP contribution in [-0.2, 0) is 4.79 Å². The molecule has 25 heavy (non-hydrogen) atoms. The van der Waals surface area contributed by atoms with Crippen LogP contribution < -0.4 is 4.90 Å². The number of nitrogens with zero attached hydrogens (tertiary/aromatic N) is 5. The zero-order valence-corrected chi connectivity index (χ0v) is 14.0. The molecule has 2 aromatic heterocycles. The Morgan fingerprint density at radius 1 is 1.28 bits per heavy atom. The van der Waals surface area contributed by atoms with Crippen molar-refractivity contribution in [3.63, 3.8) is 0 Å². The maximum absolute atomic E-state index is 12.0. The first-order valence-electron chi connectivity index (χ1n) is 8.69. The molecule has 1 saturated carbocycles. The summed E-state index contributed by atoms with van der Waals surface area (Å²) in [5.41, 5.74) is 0.115. The van der Waals surface area contributed by atoms with E-state index in [1.165, 1.54) is 0 Å². The van der Waals surface area contributed by atoms with Crippen LogP contribution in [0.15, 0.2) is 24.3 Å². The van der Waals surface area contributed by atoms with Crippen LogP contribution in [0.5, 0.6) is 0 Å². The molecule has 1 aliphatic heterocycles. The SMILES string of the molecule is Cc1nnc2c3ccccc3c(N3C[C@@H]4CCC[C@@]4(C(=O)O)C3)nn12. The smallest absolute Gasteiger partial charge is 0.311 e. The second-order valence-corrected chi connectivity index (χ2v) is 7.28. The summed E-state index contributed by atoms with van der Waals surface area (Å²) in [5.74, 6) is 1.10. The van der Waals surface area contributed by atoms with Crippen LogP contribution >= 0.6 is 0 Å². The lowest BCUT2D eigenvalue weighted by atomic mass is 9.81. The van der Waals surface area contributed by atoms with Crippen LogP contribution in [0, 0.1) is 18.3 Å². The van der Waals surface area contributed by atoms with Gasteiger partial charge in [-0.25, -0.2) is 0 Å². The molecule has 7 heteroatoms. The quantitative estimate of drug-likeness (QED) is 0.772. The zero-order valence-electron chi connectivity index (χ0n) is 14.0. The Labute approximate surface area is 144 Å². The average Bonchev–Trinajstić information content (AvgIpc) is 3.27. The van der Waals surface area contributed by atoms with E-state index >= 15 is 0 Å². The minimum absolute atomic E-state index is 0.197. The fourth-order valence-electron chi connectivity index (χ4n) is 4.70. The molecule has 2 atom stereocenters. The number of aromatic nitrogens is 4. The summed E-state index contributed by atoms with van der Waals surface area (Å²) in [6.45, 7) is 3.15. The molecule has 2 fully saturated rings. The number of benzene rings is 1. The molecule has 128 valence electrons. The van der Waals surface area contributed by atoms with Crippen molar-refractivity contribution in [2.75, 3.05) is 18.0 Å². The molecule has 1 saturated heterocycles. The van der Waals surface area contributed by atoms with Gasteiger partial charge in [-0.1, -0.05) is 30.7 Å². The topological polar surface area (TPSA) is 83.6 Å². The summed E-state index contributed by atoms with van der Waals surface area (Å²) < 4.78 is 1.76. The number of aryl methyl sites for hydroxylation is 1. The van der Waals surface area contributed by atoms with Crippen LogP contribution in [0.25, 0.3) is 16.4 Å². The van der Waals surface area contributed by atoms with E-state index in [1.54, 1.807) is 4.52 Å². The molecule has 0 spiro atoms. The van der Waals surface area contributed by atoms with Gasteiger partial charge in [0, 0.05) is 23.9 Å². The Balaban J connectivity index is 1.70. The lowest BCUT2D eigenvalue weighted by Crippen LogP contribution is -2.36. The van der Waals surface area contributed by atoms with Gasteiger partial charge in [0.15, 0.2) is 17.3 Å². The largest absolute Gasteiger partial charge is 0.481 e. The lowest BCUT2D eigenvalue weighted by Gasteiger charge is -2.24. The van der Waals surface area contributed by atoms with Crippen molar-refractivity contribution < 1.29 is 9.90 Å². The summed E-state index contributed by atoms with van der Waals surface area (Å²) >= 11 is 0. The number of anilines is 1. The van der Waals surface area contributed by atoms with E-state index in [0.717, 1.165) is 53.9 Å². The molecule has 3 heterocycles. The van der Waals surface area contributed by atoms with Crippen LogP contribution in [-0.4, -0.2) is 44.0 Å². The zero-order chi connectivity index (χ0) is 17.2. The highest BCUT2D eigenvalue weighted by Gasteiger charge is 2.55. The Hall–Kier alpha value is -2.70. The Bertz CT molecular complexity index is 1010. The lowest BCUT2D eigenvalue weighted by molar-refractivity contribution is -0.149. The number of carboxylic acids is 1. The molecule has 7 nitrogen and oxygen atoms in total. The molecular formula is C18H19N5O2. The second kappa shape index (κ2) is 4.91. The Kier molecular flexibility index (Phi) is 2.87. The molecule has 0 radical (unpaired) electrons. The molecule has 2 aliphatic rings. The third kappa shape index (κ3) is 1.86. The molecular weight excluding hydrogens is 318 g/mol. The molecule has 5 rings (SSSR count). The molecule has 3 aromatic rings. The van der Waals surface area contributed by atoms with Crippen molar-refractivity contribution in [3.05, 3.63) is 30.1 Å². The first-order chi connectivity index (χ1) is 12.1. The minimum atomic E-state index is -0.664. The van der Waals surface area contributed by atoms with Crippen molar-refractivity contribution in [1.29, 1.82) is 0 Å². The standard InChI is InChI=1S/C18H19N5O2/c1-11-19-20-15-13-6-2-3-7-14(13)16(21-23(11)15)22-9-12-5-4-8-18(12,10-22)17(24)25/h2-3,6-7,12H,4-5,8-10H2,1H3,(H,24,25)/t12-,18+/m0/s1. The highest BCUT2D eigenvalue weighted by molar-refractivity contribution is 6.00. The van der Waals surface area contributed by atoms with Crippen LogP contribution in [0.1, 0.15) is 25.1 Å². The number of rotatable bonds is 2. The molecule has 0 bridgehead atoms. The van der Waals surface area contributed by atoms with Gasteiger partial charge in [0.2, 0.25) is 0 Å². The highest BCUT2D eigenvalue weighted by atomic mass is 16.4. The van der Waals surface area contributed by atoms with Gasteiger partial charge in [-0.2, -0.15) is 4.52 Å². The van der Waals surface area contributed by atoms with Gasteiger partial charge in [-0.05, 0) is 25.7 Å². The third-order valence-electron chi connectivity index (χ3n) is 6.00. The average molecular weight is 337 g/mol. The number of fused-ring (bicyclic) bond motifs is 4. The third-order valence-corrected chi connectivity index (χ3v) is 6.00. The summed E-state index contributed by atoms with van der Waals surface area (Å²) in [4.78, 5) is 14.2. The number of carbonyl (C=O) groups is 1. The molecule has 0 amide bonds. The van der Waals surface area contributed by atoms with Crippen molar-refractivity contribution in [2.24, 2.45) is 11.3 Å². The van der Waals surface area contributed by atoms with Gasteiger partial charge in [-0.3, -0.25) is 4.79 Å². The molecule has 1 aromatic carbocycles. The number of carboxylic acid groups (broad SMARTS) is 1. The maximum Gasteiger partial charge on any atom is 0.311 e. The van der Waals surface area contributed by atoms with Gasteiger partial charge in [0.25, 0.3) is 0 Å². The normalized spacial score (nSPS) is 25.8. The molecule has 0 unspecified atom stereocenters. The van der Waals surface area contributed by atoms with Crippen molar-refractivity contribution in [3.8, 4) is 0 Å². The monoisotopic (exact) mass is 337 g/mol. The minimum Gasteiger partial charge on any atom is -0.481 e. The van der Waals surface area contributed by atoms with E-state index in [1.807, 2.05) is 31.2 Å². The number of hydrogen-bond acceptors (Lipinski definition) is 5. The van der Waals surface area contributed by atoms with Gasteiger partial charge in [0.1, 0.15) is 0 Å². The predicted molar refractivity (Wildman–Crippen MR) is 92.6 cm³/mol.